The molecule has 1 spiro atoms. The number of nitrogens with zero attached hydrogens (tertiary/aromatic N) is 2. The number of carbonyl (C=O) groups is 3. The topological polar surface area (TPSA) is 96.4 Å². The molecule has 208 valence electrons. The zero-order chi connectivity index (χ0) is 27.3. The highest BCUT2D eigenvalue weighted by Gasteiger charge is 2.79. The third-order valence-electron chi connectivity index (χ3n) is 8.64. The number of likely N-dealkylation sites (tertiary alicyclic amines) is 1. The van der Waals surface area contributed by atoms with Crippen LogP contribution in [-0.2, 0) is 30.4 Å². The van der Waals surface area contributed by atoms with Gasteiger partial charge in [-0.15, -0.1) is 6.58 Å². The first kappa shape index (κ1) is 28.3. The Balaban J connectivity index is 1.70. The van der Waals surface area contributed by atoms with Crippen molar-refractivity contribution in [3.63, 3.8) is 0 Å². The van der Waals surface area contributed by atoms with Crippen molar-refractivity contribution >= 4 is 17.8 Å². The number of unbranched alkanes of at least 4 members (excludes halogenated alkanes) is 3. The Bertz CT molecular complexity index is 1020. The van der Waals surface area contributed by atoms with Crippen LogP contribution in [0.5, 0.6) is 0 Å². The lowest BCUT2D eigenvalue weighted by Gasteiger charge is -2.37. The molecule has 2 amide bonds. The maximum atomic E-state index is 14.4. The summed E-state index contributed by atoms with van der Waals surface area (Å²) in [6.07, 6.45) is 6.55. The highest BCUT2D eigenvalue weighted by atomic mass is 16.6. The number of amides is 2. The van der Waals surface area contributed by atoms with Crippen molar-refractivity contribution in [3.05, 3.63) is 48.6 Å². The highest BCUT2D eigenvalue weighted by Crippen LogP contribution is 2.64. The number of fused-ring (bicyclic) bond motifs is 1. The van der Waals surface area contributed by atoms with E-state index in [-0.39, 0.29) is 25.0 Å². The van der Waals surface area contributed by atoms with Gasteiger partial charge in [-0.2, -0.15) is 0 Å². The van der Waals surface area contributed by atoms with Gasteiger partial charge in [0.05, 0.1) is 18.1 Å². The van der Waals surface area contributed by atoms with Crippen LogP contribution in [0.2, 0.25) is 0 Å². The largest absolute Gasteiger partial charge is 0.466 e. The van der Waals surface area contributed by atoms with E-state index >= 15 is 0 Å². The summed E-state index contributed by atoms with van der Waals surface area (Å²) in [5, 5.41) is 9.14. The van der Waals surface area contributed by atoms with E-state index in [1.54, 1.807) is 22.8 Å². The third-order valence-corrected chi connectivity index (χ3v) is 8.64. The van der Waals surface area contributed by atoms with Crippen molar-refractivity contribution in [1.29, 1.82) is 0 Å². The molecule has 2 bridgehead atoms. The van der Waals surface area contributed by atoms with Gasteiger partial charge in [-0.3, -0.25) is 14.4 Å². The lowest BCUT2D eigenvalue weighted by atomic mass is 9.65. The lowest BCUT2D eigenvalue weighted by Crippen LogP contribution is -2.56. The van der Waals surface area contributed by atoms with E-state index in [0.29, 0.717) is 51.7 Å². The number of carbonyl (C=O) groups excluding carboxylic acids is 3. The summed E-state index contributed by atoms with van der Waals surface area (Å²) in [4.78, 5) is 45.2. The van der Waals surface area contributed by atoms with E-state index in [1.165, 1.54) is 0 Å². The first-order valence-corrected chi connectivity index (χ1v) is 14.1. The van der Waals surface area contributed by atoms with Gasteiger partial charge in [-0.05, 0) is 44.6 Å². The molecule has 0 aromatic heterocycles. The minimum Gasteiger partial charge on any atom is -0.466 e. The Kier molecular flexibility index (Phi) is 8.93. The molecule has 8 heteroatoms. The number of ether oxygens (including phenoxy) is 2. The molecule has 2 unspecified atom stereocenters. The summed E-state index contributed by atoms with van der Waals surface area (Å²) in [5.41, 5.74) is -0.855. The monoisotopic (exact) mass is 526 g/mol. The Morgan fingerprint density at radius 3 is 2.58 bits per heavy atom. The number of aliphatic hydroxyl groups excluding tert-OH is 1. The zero-order valence-electron chi connectivity index (χ0n) is 22.8. The summed E-state index contributed by atoms with van der Waals surface area (Å²) in [6.45, 7) is 9.11. The van der Waals surface area contributed by atoms with Crippen LogP contribution in [0.3, 0.4) is 0 Å². The second kappa shape index (κ2) is 12.0. The van der Waals surface area contributed by atoms with Crippen LogP contribution >= 0.6 is 0 Å². The van der Waals surface area contributed by atoms with E-state index in [1.807, 2.05) is 37.3 Å². The number of hydrogen-bond acceptors (Lipinski definition) is 6. The molecule has 3 aliphatic heterocycles. The Morgan fingerprint density at radius 2 is 1.92 bits per heavy atom. The van der Waals surface area contributed by atoms with Gasteiger partial charge < -0.3 is 24.4 Å². The van der Waals surface area contributed by atoms with Crippen molar-refractivity contribution in [1.82, 2.24) is 9.80 Å². The zero-order valence-corrected chi connectivity index (χ0v) is 22.8. The van der Waals surface area contributed by atoms with Crippen LogP contribution in [0.1, 0.15) is 64.4 Å². The van der Waals surface area contributed by atoms with Crippen molar-refractivity contribution in [3.8, 4) is 0 Å². The molecule has 4 rings (SSSR count). The lowest BCUT2D eigenvalue weighted by molar-refractivity contribution is -0.161. The molecule has 3 heterocycles. The van der Waals surface area contributed by atoms with Crippen molar-refractivity contribution in [2.75, 3.05) is 26.3 Å². The summed E-state index contributed by atoms with van der Waals surface area (Å²) < 4.78 is 12.2. The molecular weight excluding hydrogens is 484 g/mol. The number of hydrogen-bond donors (Lipinski definition) is 1. The molecule has 38 heavy (non-hydrogen) atoms. The molecule has 5 atom stereocenters. The van der Waals surface area contributed by atoms with Gasteiger partial charge in [0.15, 0.2) is 0 Å². The second-order valence-electron chi connectivity index (χ2n) is 10.7. The van der Waals surface area contributed by atoms with Crippen LogP contribution in [0.4, 0.5) is 0 Å². The predicted molar refractivity (Wildman–Crippen MR) is 143 cm³/mol. The minimum absolute atomic E-state index is 0.138. The fourth-order valence-electron chi connectivity index (χ4n) is 6.94. The molecule has 0 aliphatic carbocycles. The highest BCUT2D eigenvalue weighted by molar-refractivity contribution is 5.98. The molecule has 3 aliphatic rings. The van der Waals surface area contributed by atoms with Gasteiger partial charge in [0.2, 0.25) is 11.8 Å². The molecule has 3 fully saturated rings. The number of aliphatic hydroxyl groups is 1. The molecule has 1 N–H and O–H groups in total. The average molecular weight is 527 g/mol. The van der Waals surface area contributed by atoms with Gasteiger partial charge in [0, 0.05) is 26.2 Å². The van der Waals surface area contributed by atoms with E-state index in [9.17, 15) is 14.4 Å². The molecule has 3 saturated heterocycles. The van der Waals surface area contributed by atoms with E-state index in [4.69, 9.17) is 14.6 Å². The first-order valence-electron chi connectivity index (χ1n) is 14.1. The Morgan fingerprint density at radius 1 is 1.18 bits per heavy atom. The predicted octanol–water partition coefficient (Wildman–Crippen LogP) is 3.47. The normalized spacial score (nSPS) is 29.4. The SMILES string of the molecule is C=CCN(Cc1ccccc1)C(=O)C1N(CCCCCCO)C(=O)[C@@H]2[C@@H](C(=O)OCC)[C@@]3(CC)CCC12O3. The van der Waals surface area contributed by atoms with E-state index in [2.05, 4.69) is 6.58 Å². The van der Waals surface area contributed by atoms with Crippen LogP contribution in [-0.4, -0.2) is 76.2 Å². The molecule has 8 nitrogen and oxygen atoms in total. The first-order chi connectivity index (χ1) is 18.4. The minimum atomic E-state index is -1.05. The van der Waals surface area contributed by atoms with E-state index < -0.39 is 35.0 Å². The van der Waals surface area contributed by atoms with Crippen molar-refractivity contribution in [2.24, 2.45) is 11.8 Å². The van der Waals surface area contributed by atoms with Crippen LogP contribution in [0.25, 0.3) is 0 Å². The van der Waals surface area contributed by atoms with Gasteiger partial charge in [-0.1, -0.05) is 56.2 Å². The fraction of sp³-hybridized carbons (Fsp3) is 0.633. The second-order valence-corrected chi connectivity index (χ2v) is 10.7. The molecule has 0 radical (unpaired) electrons. The summed E-state index contributed by atoms with van der Waals surface area (Å²) >= 11 is 0. The number of esters is 1. The van der Waals surface area contributed by atoms with Gasteiger partial charge in [0.25, 0.3) is 0 Å². The van der Waals surface area contributed by atoms with Crippen LogP contribution in [0.15, 0.2) is 43.0 Å². The average Bonchev–Trinajstić information content (AvgIpc) is 3.52. The van der Waals surface area contributed by atoms with Gasteiger partial charge in [-0.25, -0.2) is 0 Å². The number of benzene rings is 1. The Hall–Kier alpha value is -2.71. The molecule has 0 saturated carbocycles. The molecule has 1 aromatic carbocycles. The maximum Gasteiger partial charge on any atom is 0.312 e. The molecular formula is C30H42N2O6. The molecule has 1 aromatic rings. The van der Waals surface area contributed by atoms with Crippen molar-refractivity contribution in [2.45, 2.75) is 82.6 Å². The van der Waals surface area contributed by atoms with Gasteiger partial charge >= 0.3 is 5.97 Å². The van der Waals surface area contributed by atoms with Crippen LogP contribution in [0, 0.1) is 11.8 Å². The standard InChI is InChI=1S/C30H42N2O6/c1-4-18-31(21-22-14-10-9-11-15-22)27(35)25-30-17-16-29(5-2,38-30)24(28(36)37-6-3)23(30)26(34)32(25)19-12-7-8-13-20-33/h4,9-11,14-15,23-25,33H,1,5-8,12-13,16-21H2,2-3H3/t23-,24-,25?,29+,30?/m0/s1. The number of rotatable bonds is 14. The fourth-order valence-corrected chi connectivity index (χ4v) is 6.94. The van der Waals surface area contributed by atoms with Crippen molar-refractivity contribution < 1.29 is 29.0 Å². The van der Waals surface area contributed by atoms with Gasteiger partial charge in [0.1, 0.15) is 17.6 Å². The summed E-state index contributed by atoms with van der Waals surface area (Å²) in [5.74, 6) is -2.21. The maximum absolute atomic E-state index is 14.4. The van der Waals surface area contributed by atoms with E-state index in [0.717, 1.165) is 18.4 Å². The summed E-state index contributed by atoms with van der Waals surface area (Å²) in [7, 11) is 0. The van der Waals surface area contributed by atoms with Crippen LogP contribution < -0.4 is 0 Å². The third kappa shape index (κ3) is 4.89. The quantitative estimate of drug-likeness (QED) is 0.227. The summed E-state index contributed by atoms with van der Waals surface area (Å²) in [6, 6.07) is 8.96. The Labute approximate surface area is 226 Å². The smallest absolute Gasteiger partial charge is 0.312 e.